The summed E-state index contributed by atoms with van der Waals surface area (Å²) < 4.78 is 5.94. The average molecular weight is 925 g/mol. The summed E-state index contributed by atoms with van der Waals surface area (Å²) in [6.07, 6.45) is 67.0. The molecule has 0 aliphatic carbocycles. The molecule has 1 amide bonds. The van der Waals surface area contributed by atoms with Gasteiger partial charge in [-0.1, -0.05) is 287 Å². The molecule has 0 aliphatic heterocycles. The predicted octanol–water partition coefficient (Wildman–Crippen LogP) is 17.6. The lowest BCUT2D eigenvalue weighted by Gasteiger charge is -2.24. The molecule has 0 saturated carbocycles. The zero-order valence-corrected chi connectivity index (χ0v) is 43.8. The number of hydrogen-bond donors (Lipinski definition) is 3. The Morgan fingerprint density at radius 2 is 0.803 bits per heavy atom. The molecule has 0 spiro atoms. The first-order valence-electron chi connectivity index (χ1n) is 28.6. The number of carbonyl (C=O) groups is 2. The molecule has 3 N–H and O–H groups in total. The van der Waals surface area contributed by atoms with Crippen LogP contribution in [0.1, 0.15) is 284 Å². The van der Waals surface area contributed by atoms with E-state index in [4.69, 9.17) is 4.74 Å². The van der Waals surface area contributed by atoms with Crippen LogP contribution in [0.5, 0.6) is 0 Å². The van der Waals surface area contributed by atoms with Crippen molar-refractivity contribution in [2.45, 2.75) is 302 Å². The third-order valence-electron chi connectivity index (χ3n) is 13.0. The summed E-state index contributed by atoms with van der Waals surface area (Å²) in [5.74, 6) is -0.493. The van der Waals surface area contributed by atoms with Crippen LogP contribution in [0.25, 0.3) is 0 Å². The van der Waals surface area contributed by atoms with Gasteiger partial charge in [0, 0.05) is 6.42 Å². The van der Waals surface area contributed by atoms with Crippen molar-refractivity contribution >= 4 is 11.9 Å². The van der Waals surface area contributed by atoms with Gasteiger partial charge in [0.25, 0.3) is 0 Å². The van der Waals surface area contributed by atoms with Crippen LogP contribution in [0.15, 0.2) is 60.8 Å². The molecular weight excluding hydrogens is 815 g/mol. The summed E-state index contributed by atoms with van der Waals surface area (Å²) in [6.45, 7) is 6.42. The van der Waals surface area contributed by atoms with Gasteiger partial charge in [0.05, 0.1) is 25.2 Å². The molecule has 384 valence electrons. The van der Waals surface area contributed by atoms with Crippen LogP contribution in [0.3, 0.4) is 0 Å². The smallest absolute Gasteiger partial charge is 0.306 e. The lowest BCUT2D eigenvalue weighted by Crippen LogP contribution is -2.46. The third-order valence-corrected chi connectivity index (χ3v) is 13.0. The highest BCUT2D eigenvalue weighted by atomic mass is 16.5. The maximum absolute atomic E-state index is 13.3. The molecule has 0 saturated heterocycles. The van der Waals surface area contributed by atoms with Crippen molar-refractivity contribution in [2.24, 2.45) is 0 Å². The molecule has 0 fully saturated rings. The van der Waals surface area contributed by atoms with Crippen LogP contribution in [0, 0.1) is 0 Å². The predicted molar refractivity (Wildman–Crippen MR) is 287 cm³/mol. The first-order chi connectivity index (χ1) is 32.5. The molecule has 6 heteroatoms. The quantitative estimate of drug-likeness (QED) is 0.0321. The van der Waals surface area contributed by atoms with E-state index in [-0.39, 0.29) is 24.9 Å². The van der Waals surface area contributed by atoms with Crippen molar-refractivity contribution in [1.82, 2.24) is 5.32 Å². The van der Waals surface area contributed by atoms with Crippen LogP contribution in [-0.4, -0.2) is 46.9 Å². The molecule has 0 aromatic carbocycles. The highest BCUT2D eigenvalue weighted by Gasteiger charge is 2.24. The van der Waals surface area contributed by atoms with Gasteiger partial charge in [-0.2, -0.15) is 0 Å². The van der Waals surface area contributed by atoms with E-state index in [2.05, 4.69) is 62.5 Å². The first kappa shape index (κ1) is 63.6. The summed E-state index contributed by atoms with van der Waals surface area (Å²) >= 11 is 0. The molecule has 3 atom stereocenters. The Hall–Kier alpha value is -2.44. The summed E-state index contributed by atoms with van der Waals surface area (Å²) in [5, 5.41) is 23.9. The second kappa shape index (κ2) is 53.5. The number of carbonyl (C=O) groups excluding carboxylic acids is 2. The standard InChI is InChI=1S/C60H109NO5/c1-4-7-10-13-16-19-22-25-27-29-31-33-35-38-41-44-47-50-53-60(65)66-56(51-48-45-42-39-36-24-21-18-15-12-9-6-3)54-59(64)61-57(55-62)58(63)52-49-46-43-40-37-34-32-30-28-26-23-20-17-14-11-8-5-2/h10,13,16,19,22,25,27,29,31,33,56-58,62-63H,4-9,11-12,14-15,17-18,20-21,23-24,26,28,30,32,34-55H2,1-3H3,(H,61,64)/b13-10+,19-16+,25-22+,29-27+,33-31+. The number of allylic oxidation sites excluding steroid dienone is 10. The molecule has 0 rings (SSSR count). The Morgan fingerprint density at radius 1 is 0.439 bits per heavy atom. The monoisotopic (exact) mass is 924 g/mol. The Balaban J connectivity index is 4.53. The normalized spacial score (nSPS) is 13.6. The van der Waals surface area contributed by atoms with Crippen molar-refractivity contribution in [3.63, 3.8) is 0 Å². The van der Waals surface area contributed by atoms with Gasteiger partial charge in [-0.3, -0.25) is 9.59 Å². The minimum absolute atomic E-state index is 0.0683. The molecule has 66 heavy (non-hydrogen) atoms. The van der Waals surface area contributed by atoms with E-state index in [1.165, 1.54) is 161 Å². The minimum Gasteiger partial charge on any atom is -0.462 e. The number of aliphatic hydroxyl groups excluding tert-OH is 2. The molecule has 0 radical (unpaired) electrons. The lowest BCUT2D eigenvalue weighted by molar-refractivity contribution is -0.151. The topological polar surface area (TPSA) is 95.9 Å². The van der Waals surface area contributed by atoms with Gasteiger partial charge in [0.15, 0.2) is 0 Å². The molecule has 0 aromatic heterocycles. The van der Waals surface area contributed by atoms with E-state index in [1.54, 1.807) is 0 Å². The Bertz CT molecular complexity index is 1170. The number of aliphatic hydroxyl groups is 2. The molecule has 0 aliphatic rings. The van der Waals surface area contributed by atoms with Gasteiger partial charge in [-0.25, -0.2) is 0 Å². The lowest BCUT2D eigenvalue weighted by atomic mass is 10.0. The first-order valence-corrected chi connectivity index (χ1v) is 28.6. The number of amides is 1. The maximum atomic E-state index is 13.3. The molecule has 6 nitrogen and oxygen atoms in total. The molecular formula is C60H109NO5. The zero-order chi connectivity index (χ0) is 48.1. The van der Waals surface area contributed by atoms with Crippen molar-refractivity contribution in [2.75, 3.05) is 6.61 Å². The Morgan fingerprint density at radius 3 is 1.23 bits per heavy atom. The summed E-state index contributed by atoms with van der Waals surface area (Å²) in [7, 11) is 0. The summed E-state index contributed by atoms with van der Waals surface area (Å²) in [4.78, 5) is 26.2. The molecule has 0 heterocycles. The van der Waals surface area contributed by atoms with E-state index in [1.807, 2.05) is 24.3 Å². The van der Waals surface area contributed by atoms with Crippen molar-refractivity contribution in [3.8, 4) is 0 Å². The van der Waals surface area contributed by atoms with Gasteiger partial charge in [-0.05, 0) is 44.9 Å². The van der Waals surface area contributed by atoms with Gasteiger partial charge >= 0.3 is 5.97 Å². The van der Waals surface area contributed by atoms with E-state index in [9.17, 15) is 19.8 Å². The van der Waals surface area contributed by atoms with Gasteiger partial charge in [-0.15, -0.1) is 0 Å². The van der Waals surface area contributed by atoms with Crippen LogP contribution >= 0.6 is 0 Å². The van der Waals surface area contributed by atoms with E-state index < -0.39 is 18.2 Å². The van der Waals surface area contributed by atoms with Crippen LogP contribution < -0.4 is 5.32 Å². The number of esters is 1. The van der Waals surface area contributed by atoms with E-state index in [0.29, 0.717) is 19.3 Å². The number of ether oxygens (including phenoxy) is 1. The minimum atomic E-state index is -0.793. The van der Waals surface area contributed by atoms with E-state index in [0.717, 1.165) is 77.0 Å². The summed E-state index contributed by atoms with van der Waals surface area (Å²) in [6, 6.07) is -0.707. The number of unbranched alkanes of at least 4 members (excludes halogenated alkanes) is 33. The molecule has 3 unspecified atom stereocenters. The maximum Gasteiger partial charge on any atom is 0.306 e. The van der Waals surface area contributed by atoms with Gasteiger partial charge in [0.2, 0.25) is 5.91 Å². The number of hydrogen-bond acceptors (Lipinski definition) is 5. The summed E-state index contributed by atoms with van der Waals surface area (Å²) in [5.41, 5.74) is 0. The second-order valence-corrected chi connectivity index (χ2v) is 19.5. The fourth-order valence-corrected chi connectivity index (χ4v) is 8.64. The SMILES string of the molecule is CCC/C=C/C=C/C=C/C=C/C=C/CCCCCCCC(=O)OC(CCCCCCCCCCCCCC)CC(=O)NC(CO)C(O)CCCCCCCCCCCCCCCCCCC. The van der Waals surface area contributed by atoms with Gasteiger partial charge < -0.3 is 20.3 Å². The largest absolute Gasteiger partial charge is 0.462 e. The third kappa shape index (κ3) is 48.0. The Kier molecular flexibility index (Phi) is 51.5. The number of nitrogens with one attached hydrogen (secondary N) is 1. The van der Waals surface area contributed by atoms with Crippen LogP contribution in [0.4, 0.5) is 0 Å². The highest BCUT2D eigenvalue weighted by Crippen LogP contribution is 2.19. The number of rotatable bonds is 51. The molecule has 0 aromatic rings. The highest BCUT2D eigenvalue weighted by molar-refractivity contribution is 5.77. The van der Waals surface area contributed by atoms with Crippen LogP contribution in [0.2, 0.25) is 0 Å². The van der Waals surface area contributed by atoms with Crippen molar-refractivity contribution in [3.05, 3.63) is 60.8 Å². The zero-order valence-electron chi connectivity index (χ0n) is 43.8. The second-order valence-electron chi connectivity index (χ2n) is 19.5. The molecule has 0 bridgehead atoms. The van der Waals surface area contributed by atoms with Crippen LogP contribution in [-0.2, 0) is 14.3 Å². The Labute approximate surface area is 409 Å². The van der Waals surface area contributed by atoms with Crippen molar-refractivity contribution < 1.29 is 24.5 Å². The fraction of sp³-hybridized carbons (Fsp3) is 0.800. The average Bonchev–Trinajstić information content (AvgIpc) is 3.31. The fourth-order valence-electron chi connectivity index (χ4n) is 8.64. The van der Waals surface area contributed by atoms with E-state index >= 15 is 0 Å². The van der Waals surface area contributed by atoms with Crippen molar-refractivity contribution in [1.29, 1.82) is 0 Å². The van der Waals surface area contributed by atoms with Gasteiger partial charge in [0.1, 0.15) is 6.10 Å².